The summed E-state index contributed by atoms with van der Waals surface area (Å²) in [6, 6.07) is 2.22. The maximum Gasteiger partial charge on any atom is 0.145 e. The number of aromatic nitrogens is 1. The molecule has 3 nitrogen and oxygen atoms in total. The molecule has 1 heterocycles. The lowest BCUT2D eigenvalue weighted by atomic mass is 9.80. The van der Waals surface area contributed by atoms with Gasteiger partial charge in [-0.15, -0.1) is 0 Å². The minimum Gasteiger partial charge on any atom is -0.397 e. The lowest BCUT2D eigenvalue weighted by Gasteiger charge is -2.32. The van der Waals surface area contributed by atoms with Gasteiger partial charge < -0.3 is 11.1 Å². The van der Waals surface area contributed by atoms with Crippen molar-refractivity contribution in [2.45, 2.75) is 39.2 Å². The molecule has 0 saturated heterocycles. The highest BCUT2D eigenvalue weighted by Crippen LogP contribution is 2.31. The van der Waals surface area contributed by atoms with Crippen LogP contribution in [0.4, 0.5) is 11.5 Å². The average Bonchev–Trinajstić information content (AvgIpc) is 2.21. The van der Waals surface area contributed by atoms with Crippen LogP contribution < -0.4 is 11.1 Å². The van der Waals surface area contributed by atoms with Gasteiger partial charge in [0.05, 0.1) is 16.9 Å². The zero-order valence-electron chi connectivity index (χ0n) is 10.4. The molecule has 1 aliphatic carbocycles. The molecule has 17 heavy (non-hydrogen) atoms. The molecule has 1 aromatic heterocycles. The van der Waals surface area contributed by atoms with Crippen molar-refractivity contribution < 1.29 is 0 Å². The molecule has 0 amide bonds. The summed E-state index contributed by atoms with van der Waals surface area (Å²) >= 11 is 6.12. The van der Waals surface area contributed by atoms with Gasteiger partial charge in [-0.2, -0.15) is 0 Å². The van der Waals surface area contributed by atoms with Gasteiger partial charge in [0.2, 0.25) is 0 Å². The van der Waals surface area contributed by atoms with Crippen LogP contribution in [0, 0.1) is 11.8 Å². The minimum atomic E-state index is 0.474. The van der Waals surface area contributed by atoms with Crippen LogP contribution in [0.25, 0.3) is 0 Å². The van der Waals surface area contributed by atoms with Crippen molar-refractivity contribution in [3.63, 3.8) is 0 Å². The summed E-state index contributed by atoms with van der Waals surface area (Å²) in [6.07, 6.45) is 5.34. The Labute approximate surface area is 108 Å². The Hall–Kier alpha value is -0.960. The number of hydrogen-bond acceptors (Lipinski definition) is 3. The largest absolute Gasteiger partial charge is 0.397 e. The van der Waals surface area contributed by atoms with Crippen LogP contribution in [0.1, 0.15) is 33.1 Å². The van der Waals surface area contributed by atoms with Crippen LogP contribution >= 0.6 is 11.6 Å². The second-order valence-electron chi connectivity index (χ2n) is 5.36. The summed E-state index contributed by atoms with van der Waals surface area (Å²) in [5.74, 6) is 2.29. The lowest BCUT2D eigenvalue weighted by Crippen LogP contribution is -2.30. The van der Waals surface area contributed by atoms with Crippen molar-refractivity contribution in [1.29, 1.82) is 0 Å². The Morgan fingerprint density at radius 3 is 2.53 bits per heavy atom. The van der Waals surface area contributed by atoms with E-state index in [1.54, 1.807) is 12.3 Å². The van der Waals surface area contributed by atoms with E-state index in [4.69, 9.17) is 17.3 Å². The molecule has 1 saturated carbocycles. The summed E-state index contributed by atoms with van der Waals surface area (Å²) < 4.78 is 0. The Balaban J connectivity index is 2.04. The van der Waals surface area contributed by atoms with Crippen molar-refractivity contribution in [1.82, 2.24) is 4.98 Å². The normalized spacial score (nSPS) is 29.0. The maximum atomic E-state index is 6.12. The summed E-state index contributed by atoms with van der Waals surface area (Å²) in [5.41, 5.74) is 6.23. The van der Waals surface area contributed by atoms with Crippen LogP contribution in [0.3, 0.4) is 0 Å². The predicted molar refractivity (Wildman–Crippen MR) is 73.2 cm³/mol. The fourth-order valence-electron chi connectivity index (χ4n) is 2.82. The van der Waals surface area contributed by atoms with Crippen molar-refractivity contribution >= 4 is 23.1 Å². The number of hydrogen-bond donors (Lipinski definition) is 2. The third-order valence-corrected chi connectivity index (χ3v) is 3.67. The van der Waals surface area contributed by atoms with Crippen molar-refractivity contribution in [3.05, 3.63) is 17.3 Å². The van der Waals surface area contributed by atoms with E-state index in [0.29, 0.717) is 16.8 Å². The van der Waals surface area contributed by atoms with E-state index in [0.717, 1.165) is 17.7 Å². The van der Waals surface area contributed by atoms with Crippen LogP contribution in [-0.2, 0) is 0 Å². The highest BCUT2D eigenvalue weighted by Gasteiger charge is 2.24. The number of nitrogens with zero attached hydrogens (tertiary/aromatic N) is 1. The summed E-state index contributed by atoms with van der Waals surface area (Å²) in [5, 5.41) is 4.05. The van der Waals surface area contributed by atoms with E-state index < -0.39 is 0 Å². The Kier molecular flexibility index (Phi) is 3.77. The molecule has 1 aromatic rings. The Bertz CT molecular complexity index is 384. The number of rotatable bonds is 2. The van der Waals surface area contributed by atoms with Gasteiger partial charge in [0.15, 0.2) is 0 Å². The first kappa shape index (κ1) is 12.5. The van der Waals surface area contributed by atoms with Crippen molar-refractivity contribution in [2.24, 2.45) is 11.8 Å². The predicted octanol–water partition coefficient (Wildman–Crippen LogP) is 3.55. The zero-order chi connectivity index (χ0) is 12.4. The molecule has 94 valence electrons. The van der Waals surface area contributed by atoms with Crippen molar-refractivity contribution in [3.8, 4) is 0 Å². The van der Waals surface area contributed by atoms with E-state index in [1.807, 2.05) is 0 Å². The second-order valence-corrected chi connectivity index (χ2v) is 5.76. The molecule has 0 radical (unpaired) electrons. The fraction of sp³-hybridized carbons (Fsp3) is 0.615. The van der Waals surface area contributed by atoms with Gasteiger partial charge in [-0.25, -0.2) is 4.98 Å². The van der Waals surface area contributed by atoms with E-state index >= 15 is 0 Å². The number of anilines is 2. The van der Waals surface area contributed by atoms with Gasteiger partial charge in [0.1, 0.15) is 5.82 Å². The number of nitrogen functional groups attached to an aromatic ring is 1. The first-order valence-corrected chi connectivity index (χ1v) is 6.60. The van der Waals surface area contributed by atoms with Gasteiger partial charge in [-0.3, -0.25) is 0 Å². The molecule has 0 aliphatic heterocycles. The maximum absolute atomic E-state index is 6.12. The lowest BCUT2D eigenvalue weighted by molar-refractivity contribution is 0.280. The first-order valence-electron chi connectivity index (χ1n) is 6.22. The summed E-state index contributed by atoms with van der Waals surface area (Å²) in [7, 11) is 0. The number of pyridine rings is 1. The molecule has 2 rings (SSSR count). The zero-order valence-corrected chi connectivity index (χ0v) is 11.2. The average molecular weight is 254 g/mol. The standard InChI is InChI=1S/C13H20ClN3/c1-8-3-9(2)5-11(4-8)17-13-12(14)6-10(15)7-16-13/h6-9,11H,3-5,15H2,1-2H3,(H,16,17). The molecule has 1 fully saturated rings. The van der Waals surface area contributed by atoms with E-state index in [1.165, 1.54) is 19.3 Å². The van der Waals surface area contributed by atoms with Crippen LogP contribution in [0.2, 0.25) is 5.02 Å². The summed E-state index contributed by atoms with van der Waals surface area (Å²) in [4.78, 5) is 4.25. The molecule has 2 atom stereocenters. The van der Waals surface area contributed by atoms with E-state index in [9.17, 15) is 0 Å². The smallest absolute Gasteiger partial charge is 0.145 e. The monoisotopic (exact) mass is 253 g/mol. The SMILES string of the molecule is CC1CC(C)CC(Nc2ncc(N)cc2Cl)C1. The van der Waals surface area contributed by atoms with Gasteiger partial charge in [-0.1, -0.05) is 25.4 Å². The van der Waals surface area contributed by atoms with E-state index in [-0.39, 0.29) is 0 Å². The fourth-order valence-corrected chi connectivity index (χ4v) is 3.05. The third-order valence-electron chi connectivity index (χ3n) is 3.38. The molecular formula is C13H20ClN3. The molecule has 2 unspecified atom stereocenters. The van der Waals surface area contributed by atoms with Crippen LogP contribution in [0.5, 0.6) is 0 Å². The first-order chi connectivity index (χ1) is 8.04. The number of halogens is 1. The molecule has 1 aliphatic rings. The topological polar surface area (TPSA) is 50.9 Å². The van der Waals surface area contributed by atoms with Gasteiger partial charge in [0.25, 0.3) is 0 Å². The number of nitrogens with two attached hydrogens (primary N) is 1. The van der Waals surface area contributed by atoms with Gasteiger partial charge >= 0.3 is 0 Å². The minimum absolute atomic E-state index is 0.474. The quantitative estimate of drug-likeness (QED) is 0.848. The van der Waals surface area contributed by atoms with Crippen LogP contribution in [-0.4, -0.2) is 11.0 Å². The Morgan fingerprint density at radius 1 is 1.29 bits per heavy atom. The highest BCUT2D eigenvalue weighted by atomic mass is 35.5. The van der Waals surface area contributed by atoms with Crippen molar-refractivity contribution in [2.75, 3.05) is 11.1 Å². The Morgan fingerprint density at radius 2 is 1.94 bits per heavy atom. The molecule has 3 N–H and O–H groups in total. The second kappa shape index (κ2) is 5.13. The third kappa shape index (κ3) is 3.25. The molecular weight excluding hydrogens is 234 g/mol. The molecule has 0 aromatic carbocycles. The molecule has 4 heteroatoms. The molecule has 0 spiro atoms. The van der Waals surface area contributed by atoms with Gasteiger partial charge in [-0.05, 0) is 37.2 Å². The summed E-state index contributed by atoms with van der Waals surface area (Å²) in [6.45, 7) is 4.62. The van der Waals surface area contributed by atoms with E-state index in [2.05, 4.69) is 24.1 Å². The van der Waals surface area contributed by atoms with Gasteiger partial charge in [0, 0.05) is 6.04 Å². The number of nitrogens with one attached hydrogen (secondary N) is 1. The highest BCUT2D eigenvalue weighted by molar-refractivity contribution is 6.33. The van der Waals surface area contributed by atoms with Crippen LogP contribution in [0.15, 0.2) is 12.3 Å². The molecule has 0 bridgehead atoms.